The Morgan fingerprint density at radius 2 is 0.966 bits per heavy atom. The minimum atomic E-state index is 1.00. The maximum Gasteiger partial charge on any atom is 0.124 e. The molecule has 9 aromatic carbocycles. The molecule has 0 spiro atoms. The first-order valence-electron chi connectivity index (χ1n) is 20.9. The summed E-state index contributed by atoms with van der Waals surface area (Å²) in [6, 6.07) is 65.8. The fourth-order valence-corrected chi connectivity index (χ4v) is 10.9. The molecule has 1 aromatic heterocycles. The molecule has 4 heteroatoms. The smallest absolute Gasteiger partial charge is 0.124 e. The molecule has 3 nitrogen and oxygen atoms in total. The Labute approximate surface area is 348 Å². The van der Waals surface area contributed by atoms with E-state index in [9.17, 15) is 0 Å². The average Bonchev–Trinajstić information content (AvgIpc) is 3.75. The summed E-state index contributed by atoms with van der Waals surface area (Å²) >= 11 is 1.76. The van der Waals surface area contributed by atoms with Gasteiger partial charge in [0, 0.05) is 41.4 Å². The van der Waals surface area contributed by atoms with Gasteiger partial charge in [-0.3, -0.25) is 0 Å². The van der Waals surface area contributed by atoms with Crippen LogP contribution in [0.3, 0.4) is 0 Å². The zero-order chi connectivity index (χ0) is 38.9. The summed E-state index contributed by atoms with van der Waals surface area (Å²) in [5.74, 6) is 0. The van der Waals surface area contributed by atoms with Crippen molar-refractivity contribution < 1.29 is 0 Å². The van der Waals surface area contributed by atoms with Crippen LogP contribution < -0.4 is 9.80 Å². The van der Waals surface area contributed by atoms with Gasteiger partial charge in [-0.15, -0.1) is 11.3 Å². The highest BCUT2D eigenvalue weighted by atomic mass is 32.1. The first kappa shape index (κ1) is 34.3. The van der Waals surface area contributed by atoms with Crippen LogP contribution in [-0.4, -0.2) is 18.1 Å². The van der Waals surface area contributed by atoms with Crippen molar-refractivity contribution >= 4 is 76.6 Å². The highest BCUT2D eigenvalue weighted by Crippen LogP contribution is 2.48. The molecule has 59 heavy (non-hydrogen) atoms. The normalized spacial score (nSPS) is 14.0. The molecule has 3 heterocycles. The molecular formula is C55H41N3S. The lowest BCUT2D eigenvalue weighted by molar-refractivity contribution is 0.767. The van der Waals surface area contributed by atoms with E-state index in [1.165, 1.54) is 93.1 Å². The Balaban J connectivity index is 1.13. The Hall–Kier alpha value is -6.75. The molecule has 0 aliphatic carbocycles. The second kappa shape index (κ2) is 14.0. The van der Waals surface area contributed by atoms with E-state index < -0.39 is 0 Å². The number of thiazole rings is 1. The molecule has 0 bridgehead atoms. The number of hydrogen-bond acceptors (Lipinski definition) is 4. The van der Waals surface area contributed by atoms with Gasteiger partial charge in [-0.2, -0.15) is 0 Å². The zero-order valence-electron chi connectivity index (χ0n) is 32.7. The summed E-state index contributed by atoms with van der Waals surface area (Å²) in [6.07, 6.45) is 4.51. The van der Waals surface area contributed by atoms with Crippen LogP contribution in [0.2, 0.25) is 0 Å². The predicted octanol–water partition coefficient (Wildman–Crippen LogP) is 14.9. The van der Waals surface area contributed by atoms with E-state index in [1.54, 1.807) is 11.3 Å². The molecule has 0 radical (unpaired) electrons. The number of anilines is 4. The van der Waals surface area contributed by atoms with Gasteiger partial charge in [0.25, 0.3) is 0 Å². The van der Waals surface area contributed by atoms with Crippen LogP contribution in [-0.2, 0) is 12.8 Å². The van der Waals surface area contributed by atoms with Gasteiger partial charge in [0.05, 0.1) is 10.2 Å². The minimum absolute atomic E-state index is 1.00. The average molecular weight is 776 g/mol. The fraction of sp³-hybridized carbons (Fsp3) is 0.109. The summed E-state index contributed by atoms with van der Waals surface area (Å²) in [5.41, 5.74) is 15.2. The summed E-state index contributed by atoms with van der Waals surface area (Å²) in [5, 5.41) is 8.63. The first-order chi connectivity index (χ1) is 29.2. The Morgan fingerprint density at radius 3 is 1.63 bits per heavy atom. The summed E-state index contributed by atoms with van der Waals surface area (Å²) in [4.78, 5) is 10.1. The summed E-state index contributed by atoms with van der Waals surface area (Å²) < 4.78 is 1.21. The van der Waals surface area contributed by atoms with Gasteiger partial charge in [-0.05, 0) is 146 Å². The number of benzene rings is 9. The largest absolute Gasteiger partial charge is 0.341 e. The number of para-hydroxylation sites is 3. The van der Waals surface area contributed by atoms with Crippen LogP contribution in [0.4, 0.5) is 22.7 Å². The van der Waals surface area contributed by atoms with Gasteiger partial charge in [0.15, 0.2) is 0 Å². The van der Waals surface area contributed by atoms with Gasteiger partial charge < -0.3 is 9.80 Å². The van der Waals surface area contributed by atoms with Gasteiger partial charge >= 0.3 is 0 Å². The lowest BCUT2D eigenvalue weighted by Gasteiger charge is -2.32. The predicted molar refractivity (Wildman–Crippen MR) is 252 cm³/mol. The lowest BCUT2D eigenvalue weighted by atomic mass is 9.84. The second-order valence-electron chi connectivity index (χ2n) is 16.1. The van der Waals surface area contributed by atoms with E-state index in [0.29, 0.717) is 0 Å². The second-order valence-corrected chi connectivity index (χ2v) is 17.1. The van der Waals surface area contributed by atoms with Gasteiger partial charge in [0.2, 0.25) is 0 Å². The quantitative estimate of drug-likeness (QED) is 0.162. The topological polar surface area (TPSA) is 19.4 Å². The van der Waals surface area contributed by atoms with E-state index in [2.05, 4.69) is 186 Å². The Kier molecular flexibility index (Phi) is 8.12. The Bertz CT molecular complexity index is 3220. The highest BCUT2D eigenvalue weighted by Gasteiger charge is 2.24. The highest BCUT2D eigenvalue weighted by molar-refractivity contribution is 7.21. The molecule has 2 aliphatic rings. The lowest BCUT2D eigenvalue weighted by Crippen LogP contribution is -2.24. The molecule has 0 saturated carbocycles. The number of nitrogens with zero attached hydrogens (tertiary/aromatic N) is 3. The van der Waals surface area contributed by atoms with Gasteiger partial charge in [-0.1, -0.05) is 121 Å². The fourth-order valence-electron chi connectivity index (χ4n) is 9.89. The van der Waals surface area contributed by atoms with E-state index in [1.807, 2.05) is 0 Å². The van der Waals surface area contributed by atoms with Crippen molar-refractivity contribution in [2.75, 3.05) is 22.9 Å². The van der Waals surface area contributed by atoms with Gasteiger partial charge in [-0.25, -0.2) is 4.98 Å². The standard InChI is InChI=1S/C55H41N3S/c1-2-14-41-33-42(26-21-36(41)11-1)54-46-30-28-43(57-31-9-15-37-12-3-6-18-50(37)57)34-47(46)53(39-22-24-40(25-23-39)55-56-49-17-5-8-20-52(49)59-55)45-29-27-44(35-48(45)54)58-32-10-16-38-13-4-7-19-51(38)58/h1-8,11-14,17-30,33-35H,9-10,15-16,31-32H2. The summed E-state index contributed by atoms with van der Waals surface area (Å²) in [6.45, 7) is 2.00. The van der Waals surface area contributed by atoms with Crippen molar-refractivity contribution in [1.82, 2.24) is 4.98 Å². The van der Waals surface area contributed by atoms with E-state index in [0.717, 1.165) is 54.9 Å². The van der Waals surface area contributed by atoms with Gasteiger partial charge in [0.1, 0.15) is 5.01 Å². The van der Waals surface area contributed by atoms with Crippen LogP contribution in [0.25, 0.3) is 75.4 Å². The molecule has 12 rings (SSSR count). The number of hydrogen-bond donors (Lipinski definition) is 0. The molecule has 0 unspecified atom stereocenters. The third kappa shape index (κ3) is 5.81. The number of rotatable bonds is 5. The van der Waals surface area contributed by atoms with Crippen molar-refractivity contribution in [2.45, 2.75) is 25.7 Å². The maximum atomic E-state index is 5.01. The molecule has 0 fully saturated rings. The van der Waals surface area contributed by atoms with E-state index >= 15 is 0 Å². The van der Waals surface area contributed by atoms with Crippen molar-refractivity contribution in [3.05, 3.63) is 187 Å². The summed E-state index contributed by atoms with van der Waals surface area (Å²) in [7, 11) is 0. The molecule has 0 amide bonds. The monoisotopic (exact) mass is 775 g/mol. The van der Waals surface area contributed by atoms with Crippen molar-refractivity contribution in [3.8, 4) is 32.8 Å². The van der Waals surface area contributed by atoms with Crippen molar-refractivity contribution in [2.24, 2.45) is 0 Å². The Morgan fingerprint density at radius 1 is 0.424 bits per heavy atom. The van der Waals surface area contributed by atoms with Crippen LogP contribution >= 0.6 is 11.3 Å². The van der Waals surface area contributed by atoms with Crippen LogP contribution in [0.5, 0.6) is 0 Å². The molecule has 0 saturated heterocycles. The van der Waals surface area contributed by atoms with Crippen LogP contribution in [0, 0.1) is 0 Å². The maximum absolute atomic E-state index is 5.01. The zero-order valence-corrected chi connectivity index (χ0v) is 33.6. The van der Waals surface area contributed by atoms with Crippen molar-refractivity contribution in [1.29, 1.82) is 0 Å². The minimum Gasteiger partial charge on any atom is -0.341 e. The number of aromatic nitrogens is 1. The third-order valence-electron chi connectivity index (χ3n) is 12.7. The van der Waals surface area contributed by atoms with E-state index in [4.69, 9.17) is 4.98 Å². The molecule has 10 aromatic rings. The number of aryl methyl sites for hydroxylation is 2. The van der Waals surface area contributed by atoms with E-state index in [-0.39, 0.29) is 0 Å². The first-order valence-corrected chi connectivity index (χ1v) is 21.8. The molecule has 0 atom stereocenters. The molecule has 282 valence electrons. The third-order valence-corrected chi connectivity index (χ3v) is 13.8. The van der Waals surface area contributed by atoms with Crippen LogP contribution in [0.1, 0.15) is 24.0 Å². The molecule has 2 aliphatic heterocycles. The molecular weight excluding hydrogens is 735 g/mol. The molecule has 0 N–H and O–H groups in total. The SMILES string of the molecule is c1ccc2c(c1)CCCN2c1ccc2c(-c3ccc4ccccc4c3)c3cc(N4CCCc5ccccc54)ccc3c(-c3ccc(-c4nc5ccccc5s4)cc3)c2c1. The number of fused-ring (bicyclic) bond motifs is 6. The van der Waals surface area contributed by atoms with Crippen molar-refractivity contribution in [3.63, 3.8) is 0 Å². The van der Waals surface area contributed by atoms with Crippen LogP contribution in [0.15, 0.2) is 176 Å².